The first kappa shape index (κ1) is 19.0. The number of hydrogen-bond donors (Lipinski definition) is 1. The van der Waals surface area contributed by atoms with Crippen LogP contribution in [0, 0.1) is 0 Å². The molecule has 6 nitrogen and oxygen atoms in total. The van der Waals surface area contributed by atoms with Crippen molar-refractivity contribution in [1.29, 1.82) is 0 Å². The van der Waals surface area contributed by atoms with E-state index in [9.17, 15) is 4.79 Å². The first-order valence-corrected chi connectivity index (χ1v) is 10.0. The molecule has 7 heteroatoms. The highest BCUT2D eigenvalue weighted by Gasteiger charge is 2.11. The van der Waals surface area contributed by atoms with Gasteiger partial charge in [-0.25, -0.2) is 0 Å². The highest BCUT2D eigenvalue weighted by molar-refractivity contribution is 7.99. The summed E-state index contributed by atoms with van der Waals surface area (Å²) in [5.41, 5.74) is 1.81. The van der Waals surface area contributed by atoms with E-state index in [1.54, 1.807) is 7.11 Å². The maximum atomic E-state index is 12.2. The predicted molar refractivity (Wildman–Crippen MR) is 113 cm³/mol. The lowest BCUT2D eigenvalue weighted by atomic mass is 10.1. The Bertz CT molecular complexity index is 1130. The molecule has 1 heterocycles. The number of thioether (sulfide) groups is 1. The quantitative estimate of drug-likeness (QED) is 0.455. The smallest absolute Gasteiger partial charge is 0.277 e. The number of carbonyl (C=O) groups excluding carboxylic acids is 1. The van der Waals surface area contributed by atoms with E-state index in [-0.39, 0.29) is 11.7 Å². The fourth-order valence-electron chi connectivity index (χ4n) is 2.88. The zero-order valence-corrected chi connectivity index (χ0v) is 16.6. The number of aromatic nitrogens is 2. The van der Waals surface area contributed by atoms with Gasteiger partial charge in [-0.2, -0.15) is 0 Å². The molecule has 0 spiro atoms. The fourth-order valence-corrected chi connectivity index (χ4v) is 3.46. The molecule has 4 rings (SSSR count). The SMILES string of the molecule is COc1ccc(Cc2nnc(SCC(=O)Nc3ccc4ccccc4c3)o2)cc1. The molecule has 0 unspecified atom stereocenters. The van der Waals surface area contributed by atoms with E-state index in [1.807, 2.05) is 66.7 Å². The first-order chi connectivity index (χ1) is 14.2. The van der Waals surface area contributed by atoms with Gasteiger partial charge in [-0.3, -0.25) is 4.79 Å². The Balaban J connectivity index is 1.30. The lowest BCUT2D eigenvalue weighted by molar-refractivity contribution is -0.113. The third-order valence-electron chi connectivity index (χ3n) is 4.32. The molecule has 0 fully saturated rings. The Morgan fingerprint density at radius 3 is 2.62 bits per heavy atom. The first-order valence-electron chi connectivity index (χ1n) is 9.06. The molecular formula is C22H19N3O3S. The maximum Gasteiger partial charge on any atom is 0.277 e. The van der Waals surface area contributed by atoms with Gasteiger partial charge < -0.3 is 14.5 Å². The number of carbonyl (C=O) groups is 1. The number of benzene rings is 3. The van der Waals surface area contributed by atoms with E-state index in [0.29, 0.717) is 17.5 Å². The molecule has 0 radical (unpaired) electrons. The van der Waals surface area contributed by atoms with E-state index in [1.165, 1.54) is 11.8 Å². The lowest BCUT2D eigenvalue weighted by Crippen LogP contribution is -2.13. The van der Waals surface area contributed by atoms with Gasteiger partial charge in [0.25, 0.3) is 5.22 Å². The molecule has 0 bridgehead atoms. The summed E-state index contributed by atoms with van der Waals surface area (Å²) in [6, 6.07) is 21.5. The maximum absolute atomic E-state index is 12.2. The van der Waals surface area contributed by atoms with Gasteiger partial charge >= 0.3 is 0 Å². The second-order valence-corrected chi connectivity index (χ2v) is 7.31. The van der Waals surface area contributed by atoms with Gasteiger partial charge in [0.15, 0.2) is 0 Å². The van der Waals surface area contributed by atoms with Gasteiger partial charge in [0, 0.05) is 5.69 Å². The third kappa shape index (κ3) is 4.94. The van der Waals surface area contributed by atoms with Crippen LogP contribution in [-0.4, -0.2) is 29.0 Å². The van der Waals surface area contributed by atoms with Gasteiger partial charge in [0.05, 0.1) is 19.3 Å². The molecule has 0 atom stereocenters. The zero-order chi connectivity index (χ0) is 20.1. The third-order valence-corrected chi connectivity index (χ3v) is 5.14. The van der Waals surface area contributed by atoms with E-state index in [4.69, 9.17) is 9.15 Å². The topological polar surface area (TPSA) is 77.2 Å². The molecule has 3 aromatic carbocycles. The minimum Gasteiger partial charge on any atom is -0.497 e. The summed E-state index contributed by atoms with van der Waals surface area (Å²) in [5.74, 6) is 1.37. The highest BCUT2D eigenvalue weighted by atomic mass is 32.2. The van der Waals surface area contributed by atoms with E-state index < -0.39 is 0 Å². The number of methoxy groups -OCH3 is 1. The summed E-state index contributed by atoms with van der Waals surface area (Å²) in [6.45, 7) is 0. The fraction of sp³-hybridized carbons (Fsp3) is 0.136. The molecule has 0 aliphatic heterocycles. The van der Waals surface area contributed by atoms with Gasteiger partial charge in [0.2, 0.25) is 11.8 Å². The van der Waals surface area contributed by atoms with Crippen molar-refractivity contribution in [2.75, 3.05) is 18.2 Å². The highest BCUT2D eigenvalue weighted by Crippen LogP contribution is 2.21. The van der Waals surface area contributed by atoms with Gasteiger partial charge in [-0.15, -0.1) is 10.2 Å². The van der Waals surface area contributed by atoms with Crippen molar-refractivity contribution in [2.45, 2.75) is 11.6 Å². The van der Waals surface area contributed by atoms with Crippen molar-refractivity contribution in [1.82, 2.24) is 10.2 Å². The van der Waals surface area contributed by atoms with Crippen LogP contribution in [0.15, 0.2) is 76.4 Å². The molecule has 0 saturated carbocycles. The Kier molecular flexibility index (Phi) is 5.76. The van der Waals surface area contributed by atoms with Crippen LogP contribution >= 0.6 is 11.8 Å². The van der Waals surface area contributed by atoms with Crippen LogP contribution in [0.25, 0.3) is 10.8 Å². The number of fused-ring (bicyclic) bond motifs is 1. The molecule has 1 aromatic heterocycles. The summed E-state index contributed by atoms with van der Waals surface area (Å²) in [7, 11) is 1.63. The number of hydrogen-bond acceptors (Lipinski definition) is 6. The second kappa shape index (κ2) is 8.79. The zero-order valence-electron chi connectivity index (χ0n) is 15.8. The average molecular weight is 405 g/mol. The Hall–Kier alpha value is -3.32. The molecular weight excluding hydrogens is 386 g/mol. The van der Waals surface area contributed by atoms with Crippen LogP contribution in [0.1, 0.15) is 11.5 Å². The summed E-state index contributed by atoms with van der Waals surface area (Å²) < 4.78 is 10.8. The average Bonchev–Trinajstić information content (AvgIpc) is 3.20. The van der Waals surface area contributed by atoms with Crippen LogP contribution in [0.5, 0.6) is 5.75 Å². The monoisotopic (exact) mass is 405 g/mol. The van der Waals surface area contributed by atoms with Crippen LogP contribution < -0.4 is 10.1 Å². The number of nitrogens with zero attached hydrogens (tertiary/aromatic N) is 2. The summed E-state index contributed by atoms with van der Waals surface area (Å²) in [4.78, 5) is 12.2. The lowest BCUT2D eigenvalue weighted by Gasteiger charge is -2.05. The standard InChI is InChI=1S/C22H19N3O3S/c1-27-19-10-6-15(7-11-19)12-21-24-25-22(28-21)29-14-20(26)23-18-9-8-16-4-2-3-5-17(16)13-18/h2-11,13H,12,14H2,1H3,(H,23,26). The van der Waals surface area contributed by atoms with Crippen LogP contribution in [-0.2, 0) is 11.2 Å². The molecule has 0 aliphatic rings. The normalized spacial score (nSPS) is 10.8. The molecule has 29 heavy (non-hydrogen) atoms. The van der Waals surface area contributed by atoms with Crippen LogP contribution in [0.3, 0.4) is 0 Å². The minimum absolute atomic E-state index is 0.125. The summed E-state index contributed by atoms with van der Waals surface area (Å²) in [6.07, 6.45) is 0.529. The number of amides is 1. The molecule has 1 amide bonds. The van der Waals surface area contributed by atoms with Crippen molar-refractivity contribution in [3.63, 3.8) is 0 Å². The summed E-state index contributed by atoms with van der Waals surface area (Å²) in [5, 5.41) is 13.6. The van der Waals surface area contributed by atoms with Crippen molar-refractivity contribution in [3.8, 4) is 5.75 Å². The molecule has 4 aromatic rings. The largest absolute Gasteiger partial charge is 0.497 e. The number of rotatable bonds is 7. The molecule has 146 valence electrons. The minimum atomic E-state index is -0.125. The van der Waals surface area contributed by atoms with Crippen molar-refractivity contribution in [2.24, 2.45) is 0 Å². The van der Waals surface area contributed by atoms with E-state index in [0.717, 1.165) is 27.8 Å². The van der Waals surface area contributed by atoms with E-state index in [2.05, 4.69) is 15.5 Å². The van der Waals surface area contributed by atoms with Crippen molar-refractivity contribution < 1.29 is 13.9 Å². The van der Waals surface area contributed by atoms with E-state index >= 15 is 0 Å². The van der Waals surface area contributed by atoms with Gasteiger partial charge in [0.1, 0.15) is 5.75 Å². The predicted octanol–water partition coefficient (Wildman–Crippen LogP) is 4.55. The van der Waals surface area contributed by atoms with Crippen molar-refractivity contribution in [3.05, 3.63) is 78.2 Å². The van der Waals surface area contributed by atoms with Gasteiger partial charge in [-0.1, -0.05) is 54.2 Å². The molecule has 1 N–H and O–H groups in total. The molecule has 0 saturated heterocycles. The second-order valence-electron chi connectivity index (χ2n) is 6.39. The summed E-state index contributed by atoms with van der Waals surface area (Å²) >= 11 is 1.22. The number of ether oxygens (including phenoxy) is 1. The van der Waals surface area contributed by atoms with Crippen LogP contribution in [0.4, 0.5) is 5.69 Å². The van der Waals surface area contributed by atoms with Crippen molar-refractivity contribution >= 4 is 34.1 Å². The Morgan fingerprint density at radius 1 is 1.03 bits per heavy atom. The Morgan fingerprint density at radius 2 is 1.83 bits per heavy atom. The van der Waals surface area contributed by atoms with Crippen LogP contribution in [0.2, 0.25) is 0 Å². The Labute approximate surface area is 172 Å². The number of nitrogens with one attached hydrogen (secondary N) is 1. The molecule has 0 aliphatic carbocycles. The number of anilines is 1. The van der Waals surface area contributed by atoms with Gasteiger partial charge in [-0.05, 0) is 40.6 Å².